The maximum Gasteiger partial charge on any atom is 0.122 e. The molecular formula is C13H19NO. The lowest BCUT2D eigenvalue weighted by molar-refractivity contribution is 0.410. The molecule has 1 fully saturated rings. The molecule has 0 aliphatic carbocycles. The molecule has 1 aromatic carbocycles. The van der Waals surface area contributed by atoms with Crippen LogP contribution in [0.5, 0.6) is 5.75 Å². The van der Waals surface area contributed by atoms with E-state index in [1.54, 1.807) is 7.11 Å². The lowest BCUT2D eigenvalue weighted by Gasteiger charge is -2.13. The van der Waals surface area contributed by atoms with Gasteiger partial charge in [-0.05, 0) is 56.0 Å². The van der Waals surface area contributed by atoms with E-state index in [4.69, 9.17) is 4.74 Å². The Morgan fingerprint density at radius 3 is 3.00 bits per heavy atom. The third-order valence-corrected chi connectivity index (χ3v) is 3.29. The zero-order chi connectivity index (χ0) is 10.7. The Morgan fingerprint density at radius 2 is 2.33 bits per heavy atom. The number of rotatable bonds is 3. The molecule has 1 heterocycles. The smallest absolute Gasteiger partial charge is 0.122 e. The summed E-state index contributed by atoms with van der Waals surface area (Å²) in [7, 11) is 1.74. The summed E-state index contributed by atoms with van der Waals surface area (Å²) in [6.07, 6.45) is 2.48. The molecule has 82 valence electrons. The first-order chi connectivity index (χ1) is 7.31. The molecule has 0 aromatic heterocycles. The highest BCUT2D eigenvalue weighted by molar-refractivity contribution is 5.39. The third kappa shape index (κ3) is 2.32. The lowest BCUT2D eigenvalue weighted by atomic mass is 9.95. The van der Waals surface area contributed by atoms with Crippen molar-refractivity contribution < 1.29 is 4.74 Å². The zero-order valence-electron chi connectivity index (χ0n) is 9.55. The van der Waals surface area contributed by atoms with Crippen LogP contribution >= 0.6 is 0 Å². The van der Waals surface area contributed by atoms with Crippen molar-refractivity contribution in [2.45, 2.75) is 19.8 Å². The van der Waals surface area contributed by atoms with Gasteiger partial charge in [-0.1, -0.05) is 12.1 Å². The first kappa shape index (κ1) is 10.5. The molecule has 0 amide bonds. The molecule has 1 aliphatic rings. The SMILES string of the molecule is COc1cccc(CC2CCNC2)c1C. The highest BCUT2D eigenvalue weighted by atomic mass is 16.5. The summed E-state index contributed by atoms with van der Waals surface area (Å²) in [5.41, 5.74) is 2.73. The first-order valence-corrected chi connectivity index (χ1v) is 5.64. The van der Waals surface area contributed by atoms with Crippen LogP contribution in [0, 0.1) is 12.8 Å². The van der Waals surface area contributed by atoms with Crippen LogP contribution in [0.15, 0.2) is 18.2 Å². The normalized spacial score (nSPS) is 20.5. The average molecular weight is 205 g/mol. The fraction of sp³-hybridized carbons (Fsp3) is 0.538. The standard InChI is InChI=1S/C13H19NO/c1-10-12(4-3-5-13(10)15-2)8-11-6-7-14-9-11/h3-5,11,14H,6-9H2,1-2H3. The Hall–Kier alpha value is -1.02. The van der Waals surface area contributed by atoms with Crippen LogP contribution in [0.3, 0.4) is 0 Å². The Kier molecular flexibility index (Phi) is 3.27. The Balaban J connectivity index is 2.13. The summed E-state index contributed by atoms with van der Waals surface area (Å²) in [5, 5.41) is 3.41. The van der Waals surface area contributed by atoms with E-state index in [9.17, 15) is 0 Å². The number of benzene rings is 1. The van der Waals surface area contributed by atoms with Crippen molar-refractivity contribution in [1.82, 2.24) is 5.32 Å². The second-order valence-corrected chi connectivity index (χ2v) is 4.31. The van der Waals surface area contributed by atoms with E-state index in [0.717, 1.165) is 18.2 Å². The zero-order valence-corrected chi connectivity index (χ0v) is 9.55. The molecule has 2 heteroatoms. The molecule has 15 heavy (non-hydrogen) atoms. The minimum absolute atomic E-state index is 0.802. The average Bonchev–Trinajstić information content (AvgIpc) is 2.74. The summed E-state index contributed by atoms with van der Waals surface area (Å²) in [4.78, 5) is 0. The van der Waals surface area contributed by atoms with Crippen LogP contribution in [0.4, 0.5) is 0 Å². The minimum Gasteiger partial charge on any atom is -0.496 e. The third-order valence-electron chi connectivity index (χ3n) is 3.29. The van der Waals surface area contributed by atoms with Gasteiger partial charge in [0.25, 0.3) is 0 Å². The van der Waals surface area contributed by atoms with E-state index < -0.39 is 0 Å². The van der Waals surface area contributed by atoms with Gasteiger partial charge in [0.15, 0.2) is 0 Å². The number of ether oxygens (including phenoxy) is 1. The van der Waals surface area contributed by atoms with Crippen molar-refractivity contribution in [3.05, 3.63) is 29.3 Å². The summed E-state index contributed by atoms with van der Waals surface area (Å²) in [6, 6.07) is 6.34. The molecule has 1 saturated heterocycles. The molecule has 1 N–H and O–H groups in total. The number of hydrogen-bond donors (Lipinski definition) is 1. The van der Waals surface area contributed by atoms with E-state index in [1.807, 2.05) is 6.07 Å². The van der Waals surface area contributed by atoms with Crippen LogP contribution in [-0.4, -0.2) is 20.2 Å². The molecule has 0 saturated carbocycles. The molecule has 2 rings (SSSR count). The number of methoxy groups -OCH3 is 1. The molecule has 0 radical (unpaired) electrons. The van der Waals surface area contributed by atoms with Crippen molar-refractivity contribution in [3.63, 3.8) is 0 Å². The number of nitrogens with one attached hydrogen (secondary N) is 1. The predicted octanol–water partition coefficient (Wildman–Crippen LogP) is 2.16. The van der Waals surface area contributed by atoms with E-state index >= 15 is 0 Å². The van der Waals surface area contributed by atoms with Gasteiger partial charge < -0.3 is 10.1 Å². The minimum atomic E-state index is 0.802. The molecule has 1 unspecified atom stereocenters. The monoisotopic (exact) mass is 205 g/mol. The van der Waals surface area contributed by atoms with Crippen LogP contribution in [0.2, 0.25) is 0 Å². The molecule has 0 bridgehead atoms. The van der Waals surface area contributed by atoms with Gasteiger partial charge >= 0.3 is 0 Å². The fourth-order valence-corrected chi connectivity index (χ4v) is 2.30. The van der Waals surface area contributed by atoms with E-state index in [1.165, 1.54) is 30.5 Å². The van der Waals surface area contributed by atoms with Gasteiger partial charge in [0.1, 0.15) is 5.75 Å². The quantitative estimate of drug-likeness (QED) is 0.816. The molecule has 1 aliphatic heterocycles. The van der Waals surface area contributed by atoms with Crippen LogP contribution in [-0.2, 0) is 6.42 Å². The van der Waals surface area contributed by atoms with Gasteiger partial charge in [0, 0.05) is 0 Å². The van der Waals surface area contributed by atoms with Crippen LogP contribution in [0.25, 0.3) is 0 Å². The molecule has 1 atom stereocenters. The maximum atomic E-state index is 5.33. The van der Waals surface area contributed by atoms with Crippen molar-refractivity contribution >= 4 is 0 Å². The Morgan fingerprint density at radius 1 is 1.47 bits per heavy atom. The van der Waals surface area contributed by atoms with Crippen molar-refractivity contribution in [3.8, 4) is 5.75 Å². The van der Waals surface area contributed by atoms with E-state index in [2.05, 4.69) is 24.4 Å². The largest absolute Gasteiger partial charge is 0.496 e. The van der Waals surface area contributed by atoms with Crippen molar-refractivity contribution in [2.75, 3.05) is 20.2 Å². The lowest BCUT2D eigenvalue weighted by Crippen LogP contribution is -2.11. The van der Waals surface area contributed by atoms with E-state index in [0.29, 0.717) is 0 Å². The summed E-state index contributed by atoms with van der Waals surface area (Å²) < 4.78 is 5.33. The van der Waals surface area contributed by atoms with Crippen molar-refractivity contribution in [1.29, 1.82) is 0 Å². The predicted molar refractivity (Wildman–Crippen MR) is 62.4 cm³/mol. The topological polar surface area (TPSA) is 21.3 Å². The van der Waals surface area contributed by atoms with Gasteiger partial charge in [-0.3, -0.25) is 0 Å². The van der Waals surface area contributed by atoms with E-state index in [-0.39, 0.29) is 0 Å². The van der Waals surface area contributed by atoms with Gasteiger partial charge in [0.05, 0.1) is 7.11 Å². The Bertz CT molecular complexity index is 329. The molecule has 1 aromatic rings. The van der Waals surface area contributed by atoms with Crippen LogP contribution in [0.1, 0.15) is 17.5 Å². The van der Waals surface area contributed by atoms with Gasteiger partial charge in [-0.25, -0.2) is 0 Å². The summed E-state index contributed by atoms with van der Waals surface area (Å²) in [5.74, 6) is 1.81. The van der Waals surface area contributed by atoms with Gasteiger partial charge in [0.2, 0.25) is 0 Å². The molecular weight excluding hydrogens is 186 g/mol. The Labute approximate surface area is 91.6 Å². The summed E-state index contributed by atoms with van der Waals surface area (Å²) in [6.45, 7) is 4.49. The molecule has 0 spiro atoms. The van der Waals surface area contributed by atoms with Gasteiger partial charge in [-0.15, -0.1) is 0 Å². The second kappa shape index (κ2) is 4.67. The summed E-state index contributed by atoms with van der Waals surface area (Å²) >= 11 is 0. The first-order valence-electron chi connectivity index (χ1n) is 5.64. The number of hydrogen-bond acceptors (Lipinski definition) is 2. The second-order valence-electron chi connectivity index (χ2n) is 4.31. The van der Waals surface area contributed by atoms with Crippen LogP contribution < -0.4 is 10.1 Å². The highest BCUT2D eigenvalue weighted by Gasteiger charge is 2.16. The maximum absolute atomic E-state index is 5.33. The highest BCUT2D eigenvalue weighted by Crippen LogP contribution is 2.24. The van der Waals surface area contributed by atoms with Gasteiger partial charge in [-0.2, -0.15) is 0 Å². The van der Waals surface area contributed by atoms with Crippen molar-refractivity contribution in [2.24, 2.45) is 5.92 Å². The fourth-order valence-electron chi connectivity index (χ4n) is 2.30. The molecule has 2 nitrogen and oxygen atoms in total.